The largest absolute Gasteiger partial charge is 0.358 e. The summed E-state index contributed by atoms with van der Waals surface area (Å²) in [6, 6.07) is 11.7. The predicted octanol–water partition coefficient (Wildman–Crippen LogP) is 2.70. The first-order valence-electron chi connectivity index (χ1n) is 7.56. The molecule has 6 heteroatoms. The Bertz CT molecular complexity index is 705. The molecule has 2 heterocycles. The highest BCUT2D eigenvalue weighted by Crippen LogP contribution is 2.22. The number of aromatic nitrogens is 1. The molecule has 1 aromatic carbocycles. The molecule has 2 aromatic rings. The van der Waals surface area contributed by atoms with Gasteiger partial charge in [-0.15, -0.1) is 0 Å². The molecule has 1 fully saturated rings. The number of pyridine rings is 1. The molecule has 2 N–H and O–H groups in total. The maximum Gasteiger partial charge on any atom is 0.227 e. The van der Waals surface area contributed by atoms with Crippen molar-refractivity contribution in [1.29, 1.82) is 0 Å². The summed E-state index contributed by atoms with van der Waals surface area (Å²) in [7, 11) is 0. The molecular weight excluding hydrogens is 308 g/mol. The quantitative estimate of drug-likeness (QED) is 0.846. The second-order valence-corrected chi connectivity index (χ2v) is 5.77. The lowest BCUT2D eigenvalue weighted by atomic mass is 10.2. The second-order valence-electron chi connectivity index (χ2n) is 5.36. The molecule has 1 saturated heterocycles. The summed E-state index contributed by atoms with van der Waals surface area (Å²) in [5.74, 6) is 0.199. The summed E-state index contributed by atoms with van der Waals surface area (Å²) in [5, 5.41) is 6.83. The van der Waals surface area contributed by atoms with Gasteiger partial charge in [0.25, 0.3) is 0 Å². The van der Waals surface area contributed by atoms with Crippen LogP contribution in [-0.2, 0) is 11.3 Å². The van der Waals surface area contributed by atoms with Gasteiger partial charge in [0.2, 0.25) is 5.91 Å². The highest BCUT2D eigenvalue weighted by Gasteiger charge is 2.21. The molecule has 1 aliphatic rings. The van der Waals surface area contributed by atoms with E-state index in [2.05, 4.69) is 15.6 Å². The fraction of sp³-hybridized carbons (Fsp3) is 0.235. The van der Waals surface area contributed by atoms with Crippen LogP contribution < -0.4 is 15.5 Å². The van der Waals surface area contributed by atoms with E-state index < -0.39 is 0 Å². The van der Waals surface area contributed by atoms with Crippen molar-refractivity contribution >= 4 is 34.6 Å². The predicted molar refractivity (Wildman–Crippen MR) is 95.3 cm³/mol. The zero-order chi connectivity index (χ0) is 16.1. The average Bonchev–Trinajstić information content (AvgIpc) is 3.00. The van der Waals surface area contributed by atoms with Crippen LogP contribution in [-0.4, -0.2) is 22.5 Å². The van der Waals surface area contributed by atoms with Crippen LogP contribution in [0.25, 0.3) is 0 Å². The van der Waals surface area contributed by atoms with E-state index in [0.29, 0.717) is 18.1 Å². The van der Waals surface area contributed by atoms with E-state index >= 15 is 0 Å². The van der Waals surface area contributed by atoms with E-state index in [9.17, 15) is 4.79 Å². The molecule has 0 aliphatic carbocycles. The molecule has 0 unspecified atom stereocenters. The van der Waals surface area contributed by atoms with Gasteiger partial charge in [-0.3, -0.25) is 9.78 Å². The minimum atomic E-state index is 0.199. The number of carbonyl (C=O) groups is 1. The van der Waals surface area contributed by atoms with Gasteiger partial charge in [-0.05, 0) is 48.5 Å². The summed E-state index contributed by atoms with van der Waals surface area (Å²) >= 11 is 5.29. The smallest absolute Gasteiger partial charge is 0.227 e. The van der Waals surface area contributed by atoms with E-state index in [0.717, 1.165) is 29.9 Å². The Morgan fingerprint density at radius 1 is 1.26 bits per heavy atom. The minimum Gasteiger partial charge on any atom is -0.358 e. The van der Waals surface area contributed by atoms with Crippen molar-refractivity contribution in [2.75, 3.05) is 16.8 Å². The molecule has 118 valence electrons. The normalized spacial score (nSPS) is 13.9. The molecule has 3 rings (SSSR count). The van der Waals surface area contributed by atoms with E-state index in [-0.39, 0.29) is 5.91 Å². The van der Waals surface area contributed by atoms with Crippen molar-refractivity contribution in [2.24, 2.45) is 0 Å². The Labute approximate surface area is 140 Å². The molecule has 0 saturated carbocycles. The van der Waals surface area contributed by atoms with Gasteiger partial charge in [0.05, 0.1) is 0 Å². The standard InChI is InChI=1S/C17H18N4OS/c22-16-5-2-10-21(16)15-4-1-3-13(11-15)12-19-17(23)20-14-6-8-18-9-7-14/h1,3-4,6-9,11H,2,5,10,12H2,(H2,18,19,20,23). The van der Waals surface area contributed by atoms with Crippen LogP contribution in [0.15, 0.2) is 48.8 Å². The summed E-state index contributed by atoms with van der Waals surface area (Å²) in [6.45, 7) is 1.41. The number of rotatable bonds is 4. The lowest BCUT2D eigenvalue weighted by Crippen LogP contribution is -2.28. The molecule has 5 nitrogen and oxygen atoms in total. The van der Waals surface area contributed by atoms with Crippen LogP contribution >= 0.6 is 12.2 Å². The molecule has 0 atom stereocenters. The molecule has 0 radical (unpaired) electrons. The van der Waals surface area contributed by atoms with Gasteiger partial charge >= 0.3 is 0 Å². The van der Waals surface area contributed by atoms with Crippen molar-refractivity contribution in [3.63, 3.8) is 0 Å². The number of benzene rings is 1. The monoisotopic (exact) mass is 326 g/mol. The maximum absolute atomic E-state index is 11.8. The molecule has 1 aliphatic heterocycles. The Kier molecular flexibility index (Phi) is 4.83. The van der Waals surface area contributed by atoms with Crippen molar-refractivity contribution in [2.45, 2.75) is 19.4 Å². The molecule has 1 amide bonds. The Balaban J connectivity index is 1.58. The Morgan fingerprint density at radius 3 is 2.83 bits per heavy atom. The van der Waals surface area contributed by atoms with Gasteiger partial charge in [-0.25, -0.2) is 0 Å². The fourth-order valence-electron chi connectivity index (χ4n) is 2.55. The summed E-state index contributed by atoms with van der Waals surface area (Å²) in [5.41, 5.74) is 2.94. The third-order valence-corrected chi connectivity index (χ3v) is 3.93. The first-order valence-corrected chi connectivity index (χ1v) is 7.97. The number of anilines is 2. The highest BCUT2D eigenvalue weighted by molar-refractivity contribution is 7.80. The second kappa shape index (κ2) is 7.19. The number of carbonyl (C=O) groups excluding carboxylic acids is 1. The topological polar surface area (TPSA) is 57.3 Å². The van der Waals surface area contributed by atoms with Gasteiger partial charge in [0.1, 0.15) is 0 Å². The van der Waals surface area contributed by atoms with E-state index in [1.807, 2.05) is 41.3 Å². The van der Waals surface area contributed by atoms with Crippen LogP contribution in [0.3, 0.4) is 0 Å². The molecular formula is C17H18N4OS. The molecule has 1 aromatic heterocycles. The van der Waals surface area contributed by atoms with Crippen LogP contribution in [0.2, 0.25) is 0 Å². The van der Waals surface area contributed by atoms with Crippen LogP contribution in [0.1, 0.15) is 18.4 Å². The van der Waals surface area contributed by atoms with Gasteiger partial charge in [-0.1, -0.05) is 12.1 Å². The lowest BCUT2D eigenvalue weighted by Gasteiger charge is -2.17. The zero-order valence-corrected chi connectivity index (χ0v) is 13.5. The number of hydrogen-bond donors (Lipinski definition) is 2. The third kappa shape index (κ3) is 4.04. The van der Waals surface area contributed by atoms with Crippen LogP contribution in [0, 0.1) is 0 Å². The maximum atomic E-state index is 11.8. The van der Waals surface area contributed by atoms with Gasteiger partial charge < -0.3 is 15.5 Å². The lowest BCUT2D eigenvalue weighted by molar-refractivity contribution is -0.117. The Morgan fingerprint density at radius 2 is 2.09 bits per heavy atom. The zero-order valence-electron chi connectivity index (χ0n) is 12.7. The van der Waals surface area contributed by atoms with Crippen LogP contribution in [0.5, 0.6) is 0 Å². The van der Waals surface area contributed by atoms with Crippen molar-refractivity contribution in [3.8, 4) is 0 Å². The number of nitrogens with one attached hydrogen (secondary N) is 2. The number of hydrogen-bond acceptors (Lipinski definition) is 3. The molecule has 0 bridgehead atoms. The minimum absolute atomic E-state index is 0.199. The van der Waals surface area contributed by atoms with Gasteiger partial charge in [0.15, 0.2) is 5.11 Å². The fourth-order valence-corrected chi connectivity index (χ4v) is 2.74. The first kappa shape index (κ1) is 15.4. The molecule has 0 spiro atoms. The third-order valence-electron chi connectivity index (χ3n) is 3.69. The summed E-state index contributed by atoms with van der Waals surface area (Å²) in [4.78, 5) is 17.6. The van der Waals surface area contributed by atoms with Gasteiger partial charge in [0, 0.05) is 43.3 Å². The van der Waals surface area contributed by atoms with Crippen molar-refractivity contribution in [3.05, 3.63) is 54.4 Å². The van der Waals surface area contributed by atoms with Gasteiger partial charge in [-0.2, -0.15) is 0 Å². The Hall–Kier alpha value is -2.47. The van der Waals surface area contributed by atoms with E-state index in [4.69, 9.17) is 12.2 Å². The highest BCUT2D eigenvalue weighted by atomic mass is 32.1. The first-order chi connectivity index (χ1) is 11.2. The van der Waals surface area contributed by atoms with Crippen molar-refractivity contribution < 1.29 is 4.79 Å². The number of thiocarbonyl (C=S) groups is 1. The number of amides is 1. The van der Waals surface area contributed by atoms with Crippen LogP contribution in [0.4, 0.5) is 11.4 Å². The van der Waals surface area contributed by atoms with E-state index in [1.54, 1.807) is 12.4 Å². The average molecular weight is 326 g/mol. The van der Waals surface area contributed by atoms with E-state index in [1.165, 1.54) is 0 Å². The molecule has 23 heavy (non-hydrogen) atoms. The number of nitrogens with zero attached hydrogens (tertiary/aromatic N) is 2. The SMILES string of the molecule is O=C1CCCN1c1cccc(CNC(=S)Nc2ccncc2)c1. The summed E-state index contributed by atoms with van der Waals surface area (Å²) in [6.07, 6.45) is 4.99. The summed E-state index contributed by atoms with van der Waals surface area (Å²) < 4.78 is 0. The van der Waals surface area contributed by atoms with Crippen molar-refractivity contribution in [1.82, 2.24) is 10.3 Å².